The predicted molar refractivity (Wildman–Crippen MR) is 114 cm³/mol. The maximum absolute atomic E-state index is 13.0. The molecular weight excluding hydrogens is 374 g/mol. The molecule has 0 atom stereocenters. The van der Waals surface area contributed by atoms with Crippen molar-refractivity contribution < 1.29 is 9.59 Å². The first-order chi connectivity index (χ1) is 13.6. The largest absolute Gasteiger partial charge is 0.375 e. The third-order valence-corrected chi connectivity index (χ3v) is 6.20. The molecule has 28 heavy (non-hydrogen) atoms. The number of anilines is 1. The van der Waals surface area contributed by atoms with Gasteiger partial charge < -0.3 is 15.1 Å². The van der Waals surface area contributed by atoms with E-state index in [4.69, 9.17) is 11.6 Å². The minimum Gasteiger partial charge on any atom is -0.375 e. The van der Waals surface area contributed by atoms with Crippen LogP contribution >= 0.6 is 11.6 Å². The summed E-state index contributed by atoms with van der Waals surface area (Å²) in [7, 11) is 0. The van der Waals surface area contributed by atoms with Gasteiger partial charge in [-0.05, 0) is 57.2 Å². The number of piperidine rings is 1. The highest BCUT2D eigenvalue weighted by Gasteiger charge is 2.25. The van der Waals surface area contributed by atoms with E-state index < -0.39 is 0 Å². The predicted octanol–water partition coefficient (Wildman–Crippen LogP) is 4.56. The second-order valence-electron chi connectivity index (χ2n) is 7.87. The lowest BCUT2D eigenvalue weighted by Gasteiger charge is -2.34. The highest BCUT2D eigenvalue weighted by molar-refractivity contribution is 6.31. The Morgan fingerprint density at radius 3 is 2.46 bits per heavy atom. The number of amides is 2. The molecular formula is C22H32ClN3O2. The first kappa shape index (κ1) is 21.0. The zero-order valence-corrected chi connectivity index (χ0v) is 17.6. The second kappa shape index (κ2) is 10.1. The third kappa shape index (κ3) is 5.19. The molecule has 1 heterocycles. The molecule has 0 radical (unpaired) electrons. The fourth-order valence-electron chi connectivity index (χ4n) is 4.42. The van der Waals surface area contributed by atoms with Gasteiger partial charge in [-0.2, -0.15) is 0 Å². The number of nitrogens with zero attached hydrogens (tertiary/aromatic N) is 2. The second-order valence-corrected chi connectivity index (χ2v) is 8.30. The number of carbonyl (C=O) groups is 2. The highest BCUT2D eigenvalue weighted by atomic mass is 35.5. The minimum absolute atomic E-state index is 0.0194. The van der Waals surface area contributed by atoms with Crippen molar-refractivity contribution in [3.8, 4) is 0 Å². The van der Waals surface area contributed by atoms with Crippen LogP contribution in [0.1, 0.15) is 68.6 Å². The van der Waals surface area contributed by atoms with Gasteiger partial charge in [0, 0.05) is 36.4 Å². The number of benzene rings is 1. The molecule has 1 aliphatic carbocycles. The van der Waals surface area contributed by atoms with Gasteiger partial charge in [-0.1, -0.05) is 30.9 Å². The van der Waals surface area contributed by atoms with Gasteiger partial charge in [0.1, 0.15) is 0 Å². The number of likely N-dealkylation sites (N-methyl/N-ethyl adjacent to an activating group) is 1. The lowest BCUT2D eigenvalue weighted by atomic mass is 9.94. The summed E-state index contributed by atoms with van der Waals surface area (Å²) in [6.07, 6.45) is 9.13. The molecule has 1 aromatic rings. The Morgan fingerprint density at radius 2 is 1.79 bits per heavy atom. The molecule has 2 amide bonds. The average molecular weight is 406 g/mol. The van der Waals surface area contributed by atoms with Gasteiger partial charge in [0.25, 0.3) is 5.91 Å². The summed E-state index contributed by atoms with van der Waals surface area (Å²) >= 11 is 6.17. The zero-order valence-electron chi connectivity index (χ0n) is 16.9. The van der Waals surface area contributed by atoms with E-state index in [0.29, 0.717) is 22.3 Å². The molecule has 1 N–H and O–H groups in total. The molecule has 1 aliphatic heterocycles. The molecule has 0 spiro atoms. The van der Waals surface area contributed by atoms with Gasteiger partial charge in [-0.3, -0.25) is 9.59 Å². The van der Waals surface area contributed by atoms with Crippen LogP contribution in [0.4, 0.5) is 5.69 Å². The summed E-state index contributed by atoms with van der Waals surface area (Å²) in [5.74, 6) is 0.108. The topological polar surface area (TPSA) is 52.7 Å². The van der Waals surface area contributed by atoms with Gasteiger partial charge in [0.2, 0.25) is 5.91 Å². The lowest BCUT2D eigenvalue weighted by molar-refractivity contribution is -0.132. The maximum Gasteiger partial charge on any atom is 0.255 e. The Labute approximate surface area is 173 Å². The van der Waals surface area contributed by atoms with Crippen LogP contribution < -0.4 is 5.32 Å². The molecule has 2 fully saturated rings. The molecule has 2 aliphatic rings. The smallest absolute Gasteiger partial charge is 0.255 e. The summed E-state index contributed by atoms with van der Waals surface area (Å²) in [6, 6.07) is 5.61. The van der Waals surface area contributed by atoms with Crippen molar-refractivity contribution in [1.82, 2.24) is 9.80 Å². The highest BCUT2D eigenvalue weighted by Crippen LogP contribution is 2.25. The normalized spacial score (nSPS) is 18.0. The third-order valence-electron chi connectivity index (χ3n) is 5.96. The molecule has 0 aromatic heterocycles. The summed E-state index contributed by atoms with van der Waals surface area (Å²) in [5.41, 5.74) is 1.25. The Hall–Kier alpha value is -1.75. The van der Waals surface area contributed by atoms with Crippen molar-refractivity contribution in [3.63, 3.8) is 0 Å². The van der Waals surface area contributed by atoms with E-state index in [1.807, 2.05) is 16.7 Å². The lowest BCUT2D eigenvalue weighted by Crippen LogP contribution is -2.44. The summed E-state index contributed by atoms with van der Waals surface area (Å²) < 4.78 is 0. The van der Waals surface area contributed by atoms with E-state index in [1.165, 1.54) is 25.7 Å². The molecule has 6 heteroatoms. The van der Waals surface area contributed by atoms with Crippen LogP contribution in [0.3, 0.4) is 0 Å². The molecule has 1 saturated carbocycles. The van der Waals surface area contributed by atoms with Crippen molar-refractivity contribution in [2.45, 2.75) is 64.3 Å². The van der Waals surface area contributed by atoms with E-state index in [0.717, 1.165) is 45.3 Å². The number of nitrogens with one attached hydrogen (secondary N) is 1. The Morgan fingerprint density at radius 1 is 1.11 bits per heavy atom. The van der Waals surface area contributed by atoms with Crippen LogP contribution in [-0.2, 0) is 4.79 Å². The van der Waals surface area contributed by atoms with E-state index in [1.54, 1.807) is 18.2 Å². The number of halogens is 1. The van der Waals surface area contributed by atoms with Crippen molar-refractivity contribution >= 4 is 29.1 Å². The van der Waals surface area contributed by atoms with Gasteiger partial charge in [-0.25, -0.2) is 0 Å². The van der Waals surface area contributed by atoms with Crippen molar-refractivity contribution in [3.05, 3.63) is 28.8 Å². The van der Waals surface area contributed by atoms with Crippen molar-refractivity contribution in [2.75, 3.05) is 31.5 Å². The Balaban J connectivity index is 1.68. The fourth-order valence-corrected chi connectivity index (χ4v) is 4.59. The molecule has 5 nitrogen and oxygen atoms in total. The van der Waals surface area contributed by atoms with Crippen LogP contribution in [0.25, 0.3) is 0 Å². The number of carbonyl (C=O) groups excluding carboxylic acids is 2. The summed E-state index contributed by atoms with van der Waals surface area (Å²) in [4.78, 5) is 29.7. The molecule has 1 saturated heterocycles. The monoisotopic (exact) mass is 405 g/mol. The fraction of sp³-hybridized carbons (Fsp3) is 0.636. The van der Waals surface area contributed by atoms with Gasteiger partial charge in [-0.15, -0.1) is 0 Å². The molecule has 1 aromatic carbocycles. The summed E-state index contributed by atoms with van der Waals surface area (Å²) in [5, 5.41) is 3.76. The van der Waals surface area contributed by atoms with Crippen LogP contribution in [0.5, 0.6) is 0 Å². The van der Waals surface area contributed by atoms with E-state index in [2.05, 4.69) is 5.32 Å². The van der Waals surface area contributed by atoms with Gasteiger partial charge >= 0.3 is 0 Å². The molecule has 154 valence electrons. The quantitative estimate of drug-likeness (QED) is 0.754. The van der Waals surface area contributed by atoms with E-state index in [-0.39, 0.29) is 18.4 Å². The summed E-state index contributed by atoms with van der Waals surface area (Å²) in [6.45, 7) is 4.54. The Bertz CT molecular complexity index is 682. The van der Waals surface area contributed by atoms with E-state index >= 15 is 0 Å². The Kier molecular flexibility index (Phi) is 7.60. The van der Waals surface area contributed by atoms with Crippen molar-refractivity contribution in [2.24, 2.45) is 0 Å². The van der Waals surface area contributed by atoms with Crippen LogP contribution in [0, 0.1) is 0 Å². The molecule has 0 bridgehead atoms. The first-order valence-corrected chi connectivity index (χ1v) is 11.1. The van der Waals surface area contributed by atoms with E-state index in [9.17, 15) is 9.59 Å². The zero-order chi connectivity index (χ0) is 19.9. The van der Waals surface area contributed by atoms with Crippen LogP contribution in [0.2, 0.25) is 5.02 Å². The van der Waals surface area contributed by atoms with Crippen LogP contribution in [0.15, 0.2) is 18.2 Å². The van der Waals surface area contributed by atoms with Crippen LogP contribution in [-0.4, -0.2) is 53.8 Å². The number of likely N-dealkylation sites (tertiary alicyclic amines) is 1. The average Bonchev–Trinajstić information content (AvgIpc) is 2.74. The SMILES string of the molecule is CCN(C(=O)CNc1cc(Cl)ccc1C(=O)N1CCCCC1)C1CCCCC1. The van der Waals surface area contributed by atoms with Gasteiger partial charge in [0.15, 0.2) is 0 Å². The molecule has 3 rings (SSSR count). The molecule has 0 unspecified atom stereocenters. The minimum atomic E-state index is 0.0194. The van der Waals surface area contributed by atoms with Gasteiger partial charge in [0.05, 0.1) is 12.1 Å². The maximum atomic E-state index is 13.0. The first-order valence-electron chi connectivity index (χ1n) is 10.7. The van der Waals surface area contributed by atoms with Crippen molar-refractivity contribution in [1.29, 1.82) is 0 Å². The number of hydrogen-bond acceptors (Lipinski definition) is 3. The number of rotatable bonds is 6. The standard InChI is InChI=1S/C22H32ClN3O2/c1-2-26(18-9-5-3-6-10-18)21(27)16-24-20-15-17(23)11-12-19(20)22(28)25-13-7-4-8-14-25/h11-12,15,18,24H,2-10,13-14,16H2,1H3. The number of hydrogen-bond donors (Lipinski definition) is 1.